The van der Waals surface area contributed by atoms with E-state index in [0.717, 1.165) is 18.4 Å². The molecule has 0 aromatic carbocycles. The average Bonchev–Trinajstić information content (AvgIpc) is 2.81. The lowest BCUT2D eigenvalue weighted by Crippen LogP contribution is -2.09. The summed E-state index contributed by atoms with van der Waals surface area (Å²) < 4.78 is 4.95. The lowest BCUT2D eigenvalue weighted by Gasteiger charge is -2.12. The Labute approximate surface area is 94.3 Å². The molecule has 0 atom stereocenters. The van der Waals surface area contributed by atoms with Crippen LogP contribution < -0.4 is 4.74 Å². The second-order valence-electron chi connectivity index (χ2n) is 4.08. The predicted octanol–water partition coefficient (Wildman–Crippen LogP) is 2.45. The summed E-state index contributed by atoms with van der Waals surface area (Å²) in [6.45, 7) is 0. The molecule has 2 rings (SSSR count). The van der Waals surface area contributed by atoms with Crippen LogP contribution in [0.5, 0.6) is 5.88 Å². The molecule has 4 nitrogen and oxygen atoms in total. The number of rotatable bonds is 3. The topological polar surface area (TPSA) is 59.4 Å². The van der Waals surface area contributed by atoms with Gasteiger partial charge >= 0.3 is 5.97 Å². The van der Waals surface area contributed by atoms with Crippen molar-refractivity contribution in [3.8, 4) is 5.88 Å². The number of methoxy groups -OCH3 is 1. The van der Waals surface area contributed by atoms with Crippen molar-refractivity contribution < 1.29 is 14.6 Å². The van der Waals surface area contributed by atoms with E-state index in [1.807, 2.05) is 6.07 Å². The maximum Gasteiger partial charge on any atom is 0.354 e. The minimum Gasteiger partial charge on any atom is -0.481 e. The summed E-state index contributed by atoms with van der Waals surface area (Å²) in [5, 5.41) is 9.13. The monoisotopic (exact) mass is 221 g/mol. The molecule has 1 aliphatic rings. The first-order valence-electron chi connectivity index (χ1n) is 5.50. The van der Waals surface area contributed by atoms with E-state index in [0.29, 0.717) is 11.8 Å². The van der Waals surface area contributed by atoms with Gasteiger partial charge in [-0.25, -0.2) is 9.78 Å². The molecule has 86 valence electrons. The van der Waals surface area contributed by atoms with Gasteiger partial charge in [0.15, 0.2) is 5.69 Å². The highest BCUT2D eigenvalue weighted by Crippen LogP contribution is 2.35. The number of aromatic carboxylic acids is 1. The number of pyridine rings is 1. The summed E-state index contributed by atoms with van der Waals surface area (Å²) in [4.78, 5) is 15.1. The molecule has 1 saturated carbocycles. The Morgan fingerprint density at radius 1 is 1.44 bits per heavy atom. The van der Waals surface area contributed by atoms with Gasteiger partial charge in [0.05, 0.1) is 7.11 Å². The van der Waals surface area contributed by atoms with Gasteiger partial charge in [-0.05, 0) is 24.3 Å². The zero-order valence-corrected chi connectivity index (χ0v) is 9.27. The van der Waals surface area contributed by atoms with E-state index in [9.17, 15) is 4.79 Å². The molecule has 4 heteroatoms. The van der Waals surface area contributed by atoms with Gasteiger partial charge in [-0.2, -0.15) is 0 Å². The maximum atomic E-state index is 11.1. The van der Waals surface area contributed by atoms with Crippen LogP contribution in [0.1, 0.15) is 47.7 Å². The SMILES string of the molecule is COc1ccc(C2CCCC2)c(C(=O)O)n1. The number of carboxylic acids is 1. The number of carbonyl (C=O) groups is 1. The summed E-state index contributed by atoms with van der Waals surface area (Å²) in [7, 11) is 1.49. The number of carboxylic acid groups (broad SMARTS) is 1. The number of nitrogens with zero attached hydrogens (tertiary/aromatic N) is 1. The maximum absolute atomic E-state index is 11.1. The molecule has 16 heavy (non-hydrogen) atoms. The molecule has 0 aliphatic heterocycles. The number of ether oxygens (including phenoxy) is 1. The lowest BCUT2D eigenvalue weighted by molar-refractivity contribution is 0.0687. The Morgan fingerprint density at radius 2 is 2.12 bits per heavy atom. The summed E-state index contributed by atoms with van der Waals surface area (Å²) in [5.74, 6) is -0.260. The highest BCUT2D eigenvalue weighted by Gasteiger charge is 2.23. The molecule has 1 aromatic heterocycles. The van der Waals surface area contributed by atoms with Crippen LogP contribution in [-0.2, 0) is 0 Å². The number of hydrogen-bond acceptors (Lipinski definition) is 3. The van der Waals surface area contributed by atoms with Crippen LogP contribution in [0.3, 0.4) is 0 Å². The summed E-state index contributed by atoms with van der Waals surface area (Å²) in [6.07, 6.45) is 4.48. The normalized spacial score (nSPS) is 16.3. The molecule has 0 bridgehead atoms. The van der Waals surface area contributed by atoms with Crippen molar-refractivity contribution in [1.29, 1.82) is 0 Å². The molecule has 1 N–H and O–H groups in total. The fourth-order valence-corrected chi connectivity index (χ4v) is 2.30. The smallest absolute Gasteiger partial charge is 0.354 e. The van der Waals surface area contributed by atoms with Gasteiger partial charge in [0.25, 0.3) is 0 Å². The van der Waals surface area contributed by atoms with Crippen LogP contribution >= 0.6 is 0 Å². The fourth-order valence-electron chi connectivity index (χ4n) is 2.30. The van der Waals surface area contributed by atoms with Crippen molar-refractivity contribution in [3.63, 3.8) is 0 Å². The highest BCUT2D eigenvalue weighted by molar-refractivity contribution is 5.87. The lowest BCUT2D eigenvalue weighted by atomic mass is 9.96. The third kappa shape index (κ3) is 2.01. The Bertz CT molecular complexity index is 397. The van der Waals surface area contributed by atoms with E-state index >= 15 is 0 Å². The van der Waals surface area contributed by atoms with Crippen molar-refractivity contribution in [2.24, 2.45) is 0 Å². The summed E-state index contributed by atoms with van der Waals surface area (Å²) >= 11 is 0. The Balaban J connectivity index is 2.39. The fraction of sp³-hybridized carbons (Fsp3) is 0.500. The Morgan fingerprint density at radius 3 is 2.69 bits per heavy atom. The molecule has 0 saturated heterocycles. The van der Waals surface area contributed by atoms with Crippen LogP contribution in [0.2, 0.25) is 0 Å². The predicted molar refractivity (Wildman–Crippen MR) is 59.0 cm³/mol. The molecule has 1 heterocycles. The van der Waals surface area contributed by atoms with Crippen molar-refractivity contribution in [2.75, 3.05) is 7.11 Å². The van der Waals surface area contributed by atoms with Gasteiger partial charge < -0.3 is 9.84 Å². The van der Waals surface area contributed by atoms with E-state index in [1.54, 1.807) is 6.07 Å². The van der Waals surface area contributed by atoms with Gasteiger partial charge in [0, 0.05) is 6.07 Å². The second-order valence-corrected chi connectivity index (χ2v) is 4.08. The molecule has 0 radical (unpaired) electrons. The van der Waals surface area contributed by atoms with Gasteiger partial charge in [0.2, 0.25) is 5.88 Å². The van der Waals surface area contributed by atoms with Crippen molar-refractivity contribution >= 4 is 5.97 Å². The molecular formula is C12H15NO3. The first-order chi connectivity index (χ1) is 7.72. The van der Waals surface area contributed by atoms with E-state index in [4.69, 9.17) is 9.84 Å². The molecule has 1 fully saturated rings. The highest BCUT2D eigenvalue weighted by atomic mass is 16.5. The number of aromatic nitrogens is 1. The Hall–Kier alpha value is -1.58. The van der Waals surface area contributed by atoms with Crippen LogP contribution in [0.25, 0.3) is 0 Å². The average molecular weight is 221 g/mol. The van der Waals surface area contributed by atoms with Gasteiger partial charge in [0.1, 0.15) is 0 Å². The van der Waals surface area contributed by atoms with E-state index < -0.39 is 5.97 Å². The molecule has 1 aliphatic carbocycles. The van der Waals surface area contributed by atoms with Crippen LogP contribution in [0, 0.1) is 0 Å². The third-order valence-electron chi connectivity index (χ3n) is 3.11. The van der Waals surface area contributed by atoms with Crippen LogP contribution in [0.15, 0.2) is 12.1 Å². The van der Waals surface area contributed by atoms with E-state index in [-0.39, 0.29) is 5.69 Å². The van der Waals surface area contributed by atoms with Gasteiger partial charge in [-0.1, -0.05) is 18.9 Å². The first kappa shape index (κ1) is 10.9. The zero-order valence-electron chi connectivity index (χ0n) is 9.27. The summed E-state index contributed by atoms with van der Waals surface area (Å²) in [5.41, 5.74) is 0.997. The van der Waals surface area contributed by atoms with E-state index in [2.05, 4.69) is 4.98 Å². The zero-order chi connectivity index (χ0) is 11.5. The van der Waals surface area contributed by atoms with E-state index in [1.165, 1.54) is 20.0 Å². The molecule has 1 aromatic rings. The first-order valence-corrected chi connectivity index (χ1v) is 5.50. The molecular weight excluding hydrogens is 206 g/mol. The quantitative estimate of drug-likeness (QED) is 0.851. The van der Waals surface area contributed by atoms with Crippen LogP contribution in [-0.4, -0.2) is 23.2 Å². The minimum absolute atomic E-state index is 0.145. The largest absolute Gasteiger partial charge is 0.481 e. The van der Waals surface area contributed by atoms with Crippen molar-refractivity contribution in [2.45, 2.75) is 31.6 Å². The Kier molecular flexibility index (Phi) is 3.08. The van der Waals surface area contributed by atoms with Gasteiger partial charge in [-0.15, -0.1) is 0 Å². The second kappa shape index (κ2) is 4.51. The molecule has 0 amide bonds. The number of hydrogen-bond donors (Lipinski definition) is 1. The molecule has 0 unspecified atom stereocenters. The minimum atomic E-state index is -0.971. The van der Waals surface area contributed by atoms with Crippen molar-refractivity contribution in [1.82, 2.24) is 4.98 Å². The van der Waals surface area contributed by atoms with Crippen LogP contribution in [0.4, 0.5) is 0 Å². The standard InChI is InChI=1S/C12H15NO3/c1-16-10-7-6-9(8-4-2-3-5-8)11(13-10)12(14)15/h6-8H,2-5H2,1H3,(H,14,15). The van der Waals surface area contributed by atoms with Gasteiger partial charge in [-0.3, -0.25) is 0 Å². The molecule has 0 spiro atoms. The van der Waals surface area contributed by atoms with Crippen molar-refractivity contribution in [3.05, 3.63) is 23.4 Å². The third-order valence-corrected chi connectivity index (χ3v) is 3.11. The summed E-state index contributed by atoms with van der Waals surface area (Å²) in [6, 6.07) is 3.57.